The van der Waals surface area contributed by atoms with Crippen LogP contribution in [0, 0.1) is 13.8 Å². The lowest BCUT2D eigenvalue weighted by Gasteiger charge is -2.12. The molecule has 0 spiro atoms. The number of benzene rings is 4. The molecule has 0 aliphatic heterocycles. The van der Waals surface area contributed by atoms with Gasteiger partial charge in [-0.2, -0.15) is 0 Å². The Bertz CT molecular complexity index is 1590. The van der Waals surface area contributed by atoms with Crippen molar-refractivity contribution in [3.05, 3.63) is 96.1 Å². The summed E-state index contributed by atoms with van der Waals surface area (Å²) in [4.78, 5) is 9.23. The summed E-state index contributed by atoms with van der Waals surface area (Å²) in [6, 6.07) is 27.2. The third-order valence-corrected chi connectivity index (χ3v) is 7.37. The molecular weight excluding hydrogens is 498 g/mol. The summed E-state index contributed by atoms with van der Waals surface area (Å²) < 4.78 is 29.7. The largest absolute Gasteiger partial charge is 0.743 e. The van der Waals surface area contributed by atoms with Gasteiger partial charge in [0.05, 0.1) is 22.6 Å². The highest BCUT2D eigenvalue weighted by Gasteiger charge is 2.17. The van der Waals surface area contributed by atoms with E-state index in [0.29, 0.717) is 23.3 Å². The van der Waals surface area contributed by atoms with Crippen LogP contribution >= 0.6 is 0 Å². The van der Waals surface area contributed by atoms with Crippen molar-refractivity contribution in [2.75, 3.05) is 0 Å². The number of nitrogens with zero attached hydrogens (tertiary/aromatic N) is 2. The van der Waals surface area contributed by atoms with E-state index in [1.807, 2.05) is 98.8 Å². The molecule has 6 rings (SSSR count). The van der Waals surface area contributed by atoms with Crippen LogP contribution < -0.4 is 7.58 Å². The molecule has 2 heterocycles. The zero-order chi connectivity index (χ0) is 25.2. The molecule has 37 heavy (non-hydrogen) atoms. The fourth-order valence-corrected chi connectivity index (χ4v) is 5.21. The van der Waals surface area contributed by atoms with Gasteiger partial charge in [0.25, 0.3) is 0 Å². The molecule has 0 bridgehead atoms. The number of rotatable bonds is 8. The molecule has 178 valence electrons. The predicted molar refractivity (Wildman–Crippen MR) is 142 cm³/mol. The topological polar surface area (TPSA) is 79.8 Å². The van der Waals surface area contributed by atoms with Gasteiger partial charge < -0.3 is 19.3 Å². The minimum atomic E-state index is -0.807. The quantitative estimate of drug-likeness (QED) is 0.169. The van der Waals surface area contributed by atoms with Gasteiger partial charge in [-0.05, 0) is 73.5 Å². The number of aromatic nitrogens is 2. The average Bonchev–Trinajstić information content (AvgIpc) is 3.52. The molecule has 9 heteroatoms. The highest BCUT2D eigenvalue weighted by Crippen LogP contribution is 2.33. The molecule has 6 aromatic rings. The lowest BCUT2D eigenvalue weighted by Crippen LogP contribution is -2.16. The Kier molecular flexibility index (Phi) is 6.72. The summed E-state index contributed by atoms with van der Waals surface area (Å²) in [7, 11) is 0. The molecule has 0 saturated heterocycles. The Labute approximate surface area is 226 Å². The van der Waals surface area contributed by atoms with E-state index in [0.717, 1.165) is 44.5 Å². The molecule has 4 aromatic carbocycles. The van der Waals surface area contributed by atoms with Crippen LogP contribution in [0.1, 0.15) is 11.1 Å². The van der Waals surface area contributed by atoms with Crippen LogP contribution in [0.5, 0.6) is 11.5 Å². The molecule has 0 saturated carbocycles. The monoisotopic (exact) mass is 518 g/mol. The standard InChI is InChI=1S/2C14H11NO2.2Al.O/c2*1-9-6-7-11-13(8-9)17-14(15-11)10-4-2-3-5-12(10)16;;;/h2*2-8,16H,1H3;;;/q;;2*+1;/p-2. The molecular formula is C28H20Al2N2O5. The van der Waals surface area contributed by atoms with Gasteiger partial charge in [-0.3, -0.25) is 0 Å². The van der Waals surface area contributed by atoms with Gasteiger partial charge in [-0.25, -0.2) is 9.97 Å². The van der Waals surface area contributed by atoms with Crippen molar-refractivity contribution in [1.29, 1.82) is 0 Å². The van der Waals surface area contributed by atoms with Crippen LogP contribution in [0.3, 0.4) is 0 Å². The second-order valence-corrected chi connectivity index (χ2v) is 10.5. The number of para-hydroxylation sites is 2. The van der Waals surface area contributed by atoms with Gasteiger partial charge >= 0.3 is 31.8 Å². The van der Waals surface area contributed by atoms with Crippen LogP contribution in [0.25, 0.3) is 45.1 Å². The van der Waals surface area contributed by atoms with Crippen molar-refractivity contribution in [2.45, 2.75) is 13.8 Å². The second kappa shape index (κ2) is 10.4. The number of aryl methyl sites for hydroxylation is 2. The maximum absolute atomic E-state index is 5.99. The molecule has 2 radical (unpaired) electrons. The first-order chi connectivity index (χ1) is 18.1. The van der Waals surface area contributed by atoms with Crippen molar-refractivity contribution in [3.8, 4) is 34.4 Å². The molecule has 0 aliphatic rings. The average molecular weight is 518 g/mol. The van der Waals surface area contributed by atoms with Crippen molar-refractivity contribution in [3.63, 3.8) is 0 Å². The van der Waals surface area contributed by atoms with Gasteiger partial charge in [0.2, 0.25) is 11.8 Å². The maximum Gasteiger partial charge on any atom is 0.743 e. The van der Waals surface area contributed by atoms with Crippen molar-refractivity contribution < 1.29 is 19.3 Å². The normalized spacial score (nSPS) is 11.1. The second-order valence-electron chi connectivity index (χ2n) is 8.54. The zero-order valence-electron chi connectivity index (χ0n) is 20.2. The number of hydrogen-bond acceptors (Lipinski definition) is 7. The van der Waals surface area contributed by atoms with Crippen molar-refractivity contribution in [1.82, 2.24) is 9.97 Å². The third kappa shape index (κ3) is 5.15. The molecule has 7 nitrogen and oxygen atoms in total. The Balaban J connectivity index is 1.11. The van der Waals surface area contributed by atoms with E-state index >= 15 is 0 Å². The highest BCUT2D eigenvalue weighted by molar-refractivity contribution is 6.35. The van der Waals surface area contributed by atoms with Crippen molar-refractivity contribution in [2.24, 2.45) is 0 Å². The lowest BCUT2D eigenvalue weighted by atomic mass is 10.2. The highest BCUT2D eigenvalue weighted by atomic mass is 27.3. The Hall–Kier alpha value is -3.56. The smallest absolute Gasteiger partial charge is 0.627 e. The van der Waals surface area contributed by atoms with E-state index in [1.165, 1.54) is 0 Å². The Morgan fingerprint density at radius 1 is 0.595 bits per heavy atom. The van der Waals surface area contributed by atoms with E-state index in [2.05, 4.69) is 9.97 Å². The number of oxazole rings is 2. The number of hydrogen-bond donors (Lipinski definition) is 0. The summed E-state index contributed by atoms with van der Waals surface area (Å²) in [6.07, 6.45) is 0. The van der Waals surface area contributed by atoms with Gasteiger partial charge in [0.1, 0.15) is 11.0 Å². The van der Waals surface area contributed by atoms with E-state index < -0.39 is 31.8 Å². The SMILES string of the molecule is Cc1ccc2nc(-c3ccccc3[O][Al][O][Al][O]c3ccccc3-c3nc4ccc(C)cc4o3)oc2c1. The predicted octanol–water partition coefficient (Wildman–Crippen LogP) is 6.46. The minimum absolute atomic E-state index is 0.515. The van der Waals surface area contributed by atoms with Gasteiger partial charge in [0.15, 0.2) is 11.2 Å². The summed E-state index contributed by atoms with van der Waals surface area (Å²) in [6.45, 7) is 4.05. The van der Waals surface area contributed by atoms with Crippen LogP contribution in [0.2, 0.25) is 0 Å². The van der Waals surface area contributed by atoms with E-state index in [-0.39, 0.29) is 0 Å². The first-order valence-electron chi connectivity index (χ1n) is 11.7. The molecule has 2 aromatic heterocycles. The minimum Gasteiger partial charge on any atom is -0.627 e. The summed E-state index contributed by atoms with van der Waals surface area (Å²) >= 11 is -1.61. The van der Waals surface area contributed by atoms with Crippen LogP contribution in [0.4, 0.5) is 0 Å². The van der Waals surface area contributed by atoms with Crippen molar-refractivity contribution >= 4 is 54.0 Å². The van der Waals surface area contributed by atoms with Crippen LogP contribution in [0.15, 0.2) is 93.8 Å². The van der Waals surface area contributed by atoms with E-state index in [1.54, 1.807) is 0 Å². The fourth-order valence-electron chi connectivity index (χ4n) is 3.97. The van der Waals surface area contributed by atoms with Gasteiger partial charge in [-0.15, -0.1) is 0 Å². The first kappa shape index (κ1) is 23.8. The van der Waals surface area contributed by atoms with E-state index in [9.17, 15) is 0 Å². The first-order valence-corrected chi connectivity index (χ1v) is 13.6. The molecule has 0 fully saturated rings. The molecule has 0 amide bonds. The van der Waals surface area contributed by atoms with E-state index in [4.69, 9.17) is 19.3 Å². The molecule has 0 aliphatic carbocycles. The molecule has 0 atom stereocenters. The maximum atomic E-state index is 5.99. The lowest BCUT2D eigenvalue weighted by molar-refractivity contribution is 0.417. The summed E-state index contributed by atoms with van der Waals surface area (Å²) in [5, 5.41) is 0. The zero-order valence-corrected chi connectivity index (χ0v) is 22.5. The molecule has 0 unspecified atom stereocenters. The Morgan fingerprint density at radius 2 is 1.05 bits per heavy atom. The molecule has 0 N–H and O–H groups in total. The van der Waals surface area contributed by atoms with Crippen LogP contribution in [-0.2, 0) is 2.84 Å². The van der Waals surface area contributed by atoms with Gasteiger partial charge in [0, 0.05) is 0 Å². The third-order valence-electron chi connectivity index (χ3n) is 5.78. The Morgan fingerprint density at radius 3 is 1.54 bits per heavy atom. The summed E-state index contributed by atoms with van der Waals surface area (Å²) in [5.74, 6) is 2.34. The summed E-state index contributed by atoms with van der Waals surface area (Å²) in [5.41, 5.74) is 6.91. The van der Waals surface area contributed by atoms with Gasteiger partial charge in [-0.1, -0.05) is 36.4 Å². The van der Waals surface area contributed by atoms with Crippen LogP contribution in [-0.4, -0.2) is 41.7 Å². The fraction of sp³-hybridized carbons (Fsp3) is 0.0714. The number of fused-ring (bicyclic) bond motifs is 2.